The fourth-order valence-corrected chi connectivity index (χ4v) is 3.63. The number of rotatable bonds is 7. The summed E-state index contributed by atoms with van der Waals surface area (Å²) in [6.07, 6.45) is 3.75. The summed E-state index contributed by atoms with van der Waals surface area (Å²) >= 11 is 1.51. The monoisotopic (exact) mass is 368 g/mol. The van der Waals surface area contributed by atoms with E-state index in [0.717, 1.165) is 34.8 Å². The van der Waals surface area contributed by atoms with Crippen molar-refractivity contribution < 1.29 is 9.53 Å². The van der Waals surface area contributed by atoms with Crippen molar-refractivity contribution in [3.8, 4) is 22.1 Å². The zero-order valence-corrected chi connectivity index (χ0v) is 16.5. The van der Waals surface area contributed by atoms with Crippen molar-refractivity contribution in [2.75, 3.05) is 6.61 Å². The normalized spacial score (nSPS) is 11.5. The summed E-state index contributed by atoms with van der Waals surface area (Å²) in [5.41, 5.74) is 3.81. The third-order valence-electron chi connectivity index (χ3n) is 4.82. The van der Waals surface area contributed by atoms with Gasteiger partial charge in [0.1, 0.15) is 5.75 Å². The summed E-state index contributed by atoms with van der Waals surface area (Å²) < 4.78 is 7.65. The van der Waals surface area contributed by atoms with Crippen LogP contribution in [-0.4, -0.2) is 22.4 Å². The smallest absolute Gasteiger partial charge is 0.194 e. The molecule has 0 aliphatic carbocycles. The molecule has 0 N–H and O–H groups in total. The number of hydrogen-bond acceptors (Lipinski definition) is 4. The van der Waals surface area contributed by atoms with Crippen LogP contribution in [0.4, 0.5) is 0 Å². The van der Waals surface area contributed by atoms with Crippen LogP contribution in [0.2, 0.25) is 0 Å². The van der Waals surface area contributed by atoms with Gasteiger partial charge in [0.25, 0.3) is 0 Å². The minimum atomic E-state index is 0.0868. The number of ether oxygens (including phenoxy) is 1. The van der Waals surface area contributed by atoms with Gasteiger partial charge in [-0.05, 0) is 48.6 Å². The molecule has 0 aliphatic heterocycles. The highest BCUT2D eigenvalue weighted by Crippen LogP contribution is 2.37. The number of carbonyl (C=O) groups excluding carboxylic acids is 1. The Labute approximate surface area is 158 Å². The molecule has 2 aromatic heterocycles. The molecule has 0 amide bonds. The molecule has 1 aromatic carbocycles. The summed E-state index contributed by atoms with van der Waals surface area (Å²) in [5.74, 6) is 0.836. The molecule has 0 bridgehead atoms. The van der Waals surface area contributed by atoms with Gasteiger partial charge in [-0.2, -0.15) is 0 Å². The van der Waals surface area contributed by atoms with E-state index in [4.69, 9.17) is 9.72 Å². The number of thiazole rings is 1. The molecular weight excluding hydrogens is 344 g/mol. The van der Waals surface area contributed by atoms with Crippen LogP contribution in [0.5, 0.6) is 5.75 Å². The molecule has 0 spiro atoms. The van der Waals surface area contributed by atoms with E-state index in [0.29, 0.717) is 12.3 Å². The van der Waals surface area contributed by atoms with Crippen LogP contribution in [0, 0.1) is 0 Å². The van der Waals surface area contributed by atoms with Crippen molar-refractivity contribution in [1.29, 1.82) is 0 Å². The SMILES string of the molecule is CCOc1ccc(C(C)(C)CC)cc1-c1csc(-n2cccc2C=O)n1. The van der Waals surface area contributed by atoms with Gasteiger partial charge in [0.15, 0.2) is 11.4 Å². The molecule has 0 radical (unpaired) electrons. The Morgan fingerprint density at radius 3 is 2.77 bits per heavy atom. The molecule has 2 heterocycles. The van der Waals surface area contributed by atoms with E-state index in [9.17, 15) is 4.79 Å². The van der Waals surface area contributed by atoms with Crippen molar-refractivity contribution in [3.63, 3.8) is 0 Å². The van der Waals surface area contributed by atoms with Crippen LogP contribution >= 0.6 is 11.3 Å². The van der Waals surface area contributed by atoms with E-state index in [-0.39, 0.29) is 5.41 Å². The number of nitrogens with zero attached hydrogens (tertiary/aromatic N) is 2. The number of aromatic nitrogens is 2. The second-order valence-electron chi connectivity index (χ2n) is 6.82. The summed E-state index contributed by atoms with van der Waals surface area (Å²) in [4.78, 5) is 16.0. The molecule has 0 atom stereocenters. The third-order valence-corrected chi connectivity index (χ3v) is 5.66. The molecule has 4 nitrogen and oxygen atoms in total. The van der Waals surface area contributed by atoms with Gasteiger partial charge in [-0.15, -0.1) is 11.3 Å². The Morgan fingerprint density at radius 2 is 2.08 bits per heavy atom. The number of aldehydes is 1. The number of hydrogen-bond donors (Lipinski definition) is 0. The lowest BCUT2D eigenvalue weighted by Crippen LogP contribution is -2.15. The molecule has 0 unspecified atom stereocenters. The van der Waals surface area contributed by atoms with Crippen molar-refractivity contribution in [3.05, 3.63) is 53.2 Å². The molecule has 136 valence electrons. The van der Waals surface area contributed by atoms with Gasteiger partial charge in [0, 0.05) is 17.1 Å². The van der Waals surface area contributed by atoms with E-state index in [1.165, 1.54) is 16.9 Å². The predicted molar refractivity (Wildman–Crippen MR) is 107 cm³/mol. The van der Waals surface area contributed by atoms with Crippen molar-refractivity contribution in [1.82, 2.24) is 9.55 Å². The number of benzene rings is 1. The summed E-state index contributed by atoms with van der Waals surface area (Å²) in [5, 5.41) is 2.79. The Bertz CT molecular complexity index is 908. The maximum Gasteiger partial charge on any atom is 0.194 e. The molecule has 0 saturated carbocycles. The lowest BCUT2D eigenvalue weighted by molar-refractivity contribution is 0.111. The minimum Gasteiger partial charge on any atom is -0.493 e. The maximum absolute atomic E-state index is 11.2. The first kappa shape index (κ1) is 18.4. The third kappa shape index (κ3) is 3.44. The highest BCUT2D eigenvalue weighted by Gasteiger charge is 2.21. The van der Waals surface area contributed by atoms with E-state index in [1.807, 2.05) is 30.6 Å². The lowest BCUT2D eigenvalue weighted by Gasteiger charge is -2.24. The summed E-state index contributed by atoms with van der Waals surface area (Å²) in [6.45, 7) is 9.28. The summed E-state index contributed by atoms with van der Waals surface area (Å²) in [6, 6.07) is 9.99. The van der Waals surface area contributed by atoms with Gasteiger partial charge in [-0.25, -0.2) is 4.98 Å². The predicted octanol–water partition coefficient (Wildman–Crippen LogP) is 5.50. The Morgan fingerprint density at radius 1 is 1.27 bits per heavy atom. The van der Waals surface area contributed by atoms with Gasteiger partial charge >= 0.3 is 0 Å². The van der Waals surface area contributed by atoms with Crippen LogP contribution in [0.3, 0.4) is 0 Å². The molecule has 26 heavy (non-hydrogen) atoms. The van der Waals surface area contributed by atoms with Gasteiger partial charge in [0.05, 0.1) is 18.0 Å². The molecule has 3 rings (SSSR count). The van der Waals surface area contributed by atoms with Crippen LogP contribution in [0.25, 0.3) is 16.4 Å². The van der Waals surface area contributed by atoms with Crippen LogP contribution in [0.15, 0.2) is 41.9 Å². The molecular formula is C21H24N2O2S. The first-order chi connectivity index (χ1) is 12.5. The van der Waals surface area contributed by atoms with E-state index in [2.05, 4.69) is 32.9 Å². The number of carbonyl (C=O) groups is 1. The van der Waals surface area contributed by atoms with E-state index in [1.54, 1.807) is 10.6 Å². The zero-order chi connectivity index (χ0) is 18.7. The standard InChI is InChI=1S/C21H24N2O2S/c1-5-21(3,4)15-9-10-19(25-6-2)17(12-15)18-14-26-20(22-18)23-11-7-8-16(23)13-24/h7-14H,5-6H2,1-4H3. The topological polar surface area (TPSA) is 44.1 Å². The average Bonchev–Trinajstić information content (AvgIpc) is 3.30. The second kappa shape index (κ2) is 7.46. The molecule has 0 aliphatic rings. The molecule has 5 heteroatoms. The largest absolute Gasteiger partial charge is 0.493 e. The van der Waals surface area contributed by atoms with Crippen LogP contribution in [-0.2, 0) is 5.41 Å². The Hall–Kier alpha value is -2.40. The van der Waals surface area contributed by atoms with Crippen LogP contribution < -0.4 is 4.74 Å². The van der Waals surface area contributed by atoms with Gasteiger partial charge < -0.3 is 4.74 Å². The first-order valence-electron chi connectivity index (χ1n) is 8.86. The molecule has 3 aromatic rings. The minimum absolute atomic E-state index is 0.0868. The van der Waals surface area contributed by atoms with Gasteiger partial charge in [0.2, 0.25) is 0 Å². The average molecular weight is 369 g/mol. The molecule has 0 fully saturated rings. The Kier molecular flexibility index (Phi) is 5.28. The van der Waals surface area contributed by atoms with E-state index < -0.39 is 0 Å². The fourth-order valence-electron chi connectivity index (χ4n) is 2.80. The van der Waals surface area contributed by atoms with Crippen molar-refractivity contribution in [2.45, 2.75) is 39.5 Å². The highest BCUT2D eigenvalue weighted by atomic mass is 32.1. The zero-order valence-electron chi connectivity index (χ0n) is 15.7. The lowest BCUT2D eigenvalue weighted by atomic mass is 9.81. The van der Waals surface area contributed by atoms with Crippen molar-refractivity contribution in [2.24, 2.45) is 0 Å². The summed E-state index contributed by atoms with van der Waals surface area (Å²) in [7, 11) is 0. The van der Waals surface area contributed by atoms with Gasteiger partial charge in [-0.3, -0.25) is 9.36 Å². The molecule has 0 saturated heterocycles. The van der Waals surface area contributed by atoms with Crippen molar-refractivity contribution >= 4 is 17.6 Å². The fraction of sp³-hybridized carbons (Fsp3) is 0.333. The second-order valence-corrected chi connectivity index (χ2v) is 7.65. The van der Waals surface area contributed by atoms with Gasteiger partial charge in [-0.1, -0.05) is 26.8 Å². The quantitative estimate of drug-likeness (QED) is 0.517. The maximum atomic E-state index is 11.2. The van der Waals surface area contributed by atoms with Crippen LogP contribution in [0.1, 0.15) is 50.2 Å². The highest BCUT2D eigenvalue weighted by molar-refractivity contribution is 7.12. The first-order valence-corrected chi connectivity index (χ1v) is 9.74. The Balaban J connectivity index is 2.07. The van der Waals surface area contributed by atoms with E-state index >= 15 is 0 Å².